The van der Waals surface area contributed by atoms with E-state index in [0.717, 1.165) is 33.6 Å². The van der Waals surface area contributed by atoms with Crippen LogP contribution in [-0.2, 0) is 17.8 Å². The van der Waals surface area contributed by atoms with Crippen molar-refractivity contribution < 1.29 is 9.90 Å². The fourth-order valence-corrected chi connectivity index (χ4v) is 2.31. The van der Waals surface area contributed by atoms with Crippen LogP contribution in [0.5, 0.6) is 0 Å². The van der Waals surface area contributed by atoms with E-state index in [9.17, 15) is 4.79 Å². The normalized spacial score (nSPS) is 10.9. The molecule has 0 bridgehead atoms. The van der Waals surface area contributed by atoms with Crippen molar-refractivity contribution in [3.63, 3.8) is 0 Å². The lowest BCUT2D eigenvalue weighted by Gasteiger charge is -2.01. The average molecular weight is 281 g/mol. The topological polar surface area (TPSA) is 65.1 Å². The van der Waals surface area contributed by atoms with Crippen molar-refractivity contribution in [3.05, 3.63) is 34.5 Å². The Morgan fingerprint density at radius 1 is 1.42 bits per heavy atom. The zero-order chi connectivity index (χ0) is 13.8. The number of nitrogens with one attached hydrogen (secondary N) is 2. The minimum absolute atomic E-state index is 0.131. The average Bonchev–Trinajstić information content (AvgIpc) is 2.77. The number of rotatable bonds is 5. The minimum atomic E-state index is -0.159. The molecule has 0 aliphatic carbocycles. The first-order chi connectivity index (χ1) is 9.13. The van der Waals surface area contributed by atoms with Gasteiger partial charge in [0.1, 0.15) is 0 Å². The van der Waals surface area contributed by atoms with Gasteiger partial charge in [-0.15, -0.1) is 0 Å². The van der Waals surface area contributed by atoms with E-state index in [1.165, 1.54) is 0 Å². The molecule has 0 fully saturated rings. The van der Waals surface area contributed by atoms with Crippen LogP contribution in [0.15, 0.2) is 18.2 Å². The Morgan fingerprint density at radius 3 is 2.89 bits per heavy atom. The lowest BCUT2D eigenvalue weighted by Crippen LogP contribution is -2.23. The molecule has 0 saturated heterocycles. The molecular formula is C14H17ClN2O2. The summed E-state index contributed by atoms with van der Waals surface area (Å²) >= 11 is 6.17. The molecule has 1 heterocycles. The molecule has 1 aromatic heterocycles. The number of carbonyl (C=O) groups excluding carboxylic acids is 1. The van der Waals surface area contributed by atoms with E-state index in [-0.39, 0.29) is 18.9 Å². The lowest BCUT2D eigenvalue weighted by atomic mass is 10.1. The van der Waals surface area contributed by atoms with Crippen molar-refractivity contribution in [2.75, 3.05) is 6.61 Å². The molecule has 4 nitrogen and oxygen atoms in total. The van der Waals surface area contributed by atoms with E-state index >= 15 is 0 Å². The van der Waals surface area contributed by atoms with Gasteiger partial charge in [-0.1, -0.05) is 18.5 Å². The Morgan fingerprint density at radius 2 is 2.21 bits per heavy atom. The van der Waals surface area contributed by atoms with Crippen molar-refractivity contribution in [3.8, 4) is 0 Å². The summed E-state index contributed by atoms with van der Waals surface area (Å²) in [4.78, 5) is 14.5. The number of benzene rings is 1. The number of fused-ring (bicyclic) bond motifs is 1. The third-order valence-corrected chi connectivity index (χ3v) is 3.39. The quantitative estimate of drug-likeness (QED) is 0.787. The smallest absolute Gasteiger partial charge is 0.222 e. The minimum Gasteiger partial charge on any atom is -0.396 e. The number of carbonyl (C=O) groups is 1. The Hall–Kier alpha value is -1.52. The lowest BCUT2D eigenvalue weighted by molar-refractivity contribution is -0.121. The second-order valence-electron chi connectivity index (χ2n) is 4.43. The molecular weight excluding hydrogens is 264 g/mol. The van der Waals surface area contributed by atoms with E-state index in [1.54, 1.807) is 0 Å². The summed E-state index contributed by atoms with van der Waals surface area (Å²) in [6.45, 7) is 2.35. The molecule has 0 spiro atoms. The highest BCUT2D eigenvalue weighted by Gasteiger charge is 2.06. The molecule has 0 aliphatic rings. The number of aromatic nitrogens is 1. The number of aryl methyl sites for hydroxylation is 1. The number of hydrogen-bond donors (Lipinski definition) is 3. The zero-order valence-electron chi connectivity index (χ0n) is 10.8. The molecule has 19 heavy (non-hydrogen) atoms. The van der Waals surface area contributed by atoms with Gasteiger partial charge >= 0.3 is 0 Å². The number of amides is 1. The molecule has 2 aromatic rings. The molecule has 0 saturated carbocycles. The van der Waals surface area contributed by atoms with E-state index in [1.807, 2.05) is 18.2 Å². The monoisotopic (exact) mass is 280 g/mol. The Kier molecular flexibility index (Phi) is 4.45. The highest BCUT2D eigenvalue weighted by molar-refractivity contribution is 6.32. The fourth-order valence-electron chi connectivity index (χ4n) is 2.01. The number of halogens is 1. The second-order valence-corrected chi connectivity index (χ2v) is 4.84. The van der Waals surface area contributed by atoms with Crippen LogP contribution in [0.3, 0.4) is 0 Å². The third-order valence-electron chi connectivity index (χ3n) is 3.04. The van der Waals surface area contributed by atoms with Gasteiger partial charge in [0, 0.05) is 28.0 Å². The number of aliphatic hydroxyl groups excluding tert-OH is 1. The molecule has 0 atom stereocenters. The standard InChI is InChI=1S/C14H17ClN2O2/c1-2-9-7-13-10(6-12(9)15)5-11(17-13)8-16-14(19)3-4-18/h5-7,17-18H,2-4,8H2,1H3,(H,16,19). The highest BCUT2D eigenvalue weighted by atomic mass is 35.5. The first-order valence-corrected chi connectivity index (χ1v) is 6.69. The molecule has 2 rings (SSSR count). The maximum atomic E-state index is 11.3. The van der Waals surface area contributed by atoms with Crippen LogP contribution in [0.1, 0.15) is 24.6 Å². The molecule has 102 valence electrons. The summed E-state index contributed by atoms with van der Waals surface area (Å²) in [6, 6.07) is 5.95. The van der Waals surface area contributed by atoms with Crippen molar-refractivity contribution in [1.29, 1.82) is 0 Å². The van der Waals surface area contributed by atoms with Crippen LogP contribution in [0, 0.1) is 0 Å². The van der Waals surface area contributed by atoms with Gasteiger partial charge in [0.15, 0.2) is 0 Å². The maximum Gasteiger partial charge on any atom is 0.222 e. The van der Waals surface area contributed by atoms with E-state index < -0.39 is 0 Å². The van der Waals surface area contributed by atoms with Crippen LogP contribution in [-0.4, -0.2) is 22.6 Å². The maximum absolute atomic E-state index is 11.3. The van der Waals surface area contributed by atoms with Gasteiger partial charge in [0.2, 0.25) is 5.91 Å². The number of aromatic amines is 1. The van der Waals surface area contributed by atoms with Crippen LogP contribution < -0.4 is 5.32 Å². The Balaban J connectivity index is 2.15. The van der Waals surface area contributed by atoms with Crippen molar-refractivity contribution in [2.24, 2.45) is 0 Å². The van der Waals surface area contributed by atoms with Gasteiger partial charge in [-0.05, 0) is 30.2 Å². The van der Waals surface area contributed by atoms with Crippen molar-refractivity contribution >= 4 is 28.4 Å². The van der Waals surface area contributed by atoms with E-state index in [2.05, 4.69) is 17.2 Å². The zero-order valence-corrected chi connectivity index (χ0v) is 11.5. The van der Waals surface area contributed by atoms with Gasteiger partial charge < -0.3 is 15.4 Å². The molecule has 5 heteroatoms. The summed E-state index contributed by atoms with van der Waals surface area (Å²) in [7, 11) is 0. The van der Waals surface area contributed by atoms with Gasteiger partial charge in [-0.3, -0.25) is 4.79 Å². The summed E-state index contributed by atoms with van der Waals surface area (Å²) < 4.78 is 0. The molecule has 3 N–H and O–H groups in total. The summed E-state index contributed by atoms with van der Waals surface area (Å²) in [6.07, 6.45) is 1.02. The summed E-state index contributed by atoms with van der Waals surface area (Å²) in [5, 5.41) is 13.2. The second kappa shape index (κ2) is 6.08. The first kappa shape index (κ1) is 13.9. The fraction of sp³-hybridized carbons (Fsp3) is 0.357. The predicted octanol–water partition coefficient (Wildman–Crippen LogP) is 2.38. The van der Waals surface area contributed by atoms with E-state index in [0.29, 0.717) is 6.54 Å². The first-order valence-electron chi connectivity index (χ1n) is 6.31. The molecule has 0 radical (unpaired) electrons. The molecule has 0 unspecified atom stereocenters. The Bertz CT molecular complexity index is 592. The number of hydrogen-bond acceptors (Lipinski definition) is 2. The third kappa shape index (κ3) is 3.28. The number of aliphatic hydroxyl groups is 1. The molecule has 1 amide bonds. The van der Waals surface area contributed by atoms with E-state index in [4.69, 9.17) is 16.7 Å². The SMILES string of the molecule is CCc1cc2[nH]c(CNC(=O)CCO)cc2cc1Cl. The molecule has 0 aliphatic heterocycles. The van der Waals surface area contributed by atoms with Gasteiger partial charge in [0.25, 0.3) is 0 Å². The van der Waals surface area contributed by atoms with Crippen LogP contribution in [0.2, 0.25) is 5.02 Å². The Labute approximate surface area is 116 Å². The predicted molar refractivity (Wildman–Crippen MR) is 76.2 cm³/mol. The van der Waals surface area contributed by atoms with Gasteiger partial charge in [-0.2, -0.15) is 0 Å². The molecule has 1 aromatic carbocycles. The van der Waals surface area contributed by atoms with Crippen molar-refractivity contribution in [2.45, 2.75) is 26.3 Å². The summed E-state index contributed by atoms with van der Waals surface area (Å²) in [5.74, 6) is -0.159. The number of H-pyrrole nitrogens is 1. The van der Waals surface area contributed by atoms with Crippen LogP contribution in [0.25, 0.3) is 10.9 Å². The van der Waals surface area contributed by atoms with Crippen LogP contribution in [0.4, 0.5) is 0 Å². The van der Waals surface area contributed by atoms with Gasteiger partial charge in [-0.25, -0.2) is 0 Å². The largest absolute Gasteiger partial charge is 0.396 e. The summed E-state index contributed by atoms with van der Waals surface area (Å²) in [5.41, 5.74) is 3.05. The van der Waals surface area contributed by atoms with Crippen LogP contribution >= 0.6 is 11.6 Å². The van der Waals surface area contributed by atoms with Crippen molar-refractivity contribution in [1.82, 2.24) is 10.3 Å². The van der Waals surface area contributed by atoms with Gasteiger partial charge in [0.05, 0.1) is 13.2 Å². The highest BCUT2D eigenvalue weighted by Crippen LogP contribution is 2.25.